The molecule has 2 atom stereocenters. The van der Waals surface area contributed by atoms with E-state index in [4.69, 9.17) is 0 Å². The Kier molecular flexibility index (Phi) is 7.38. The number of carbonyl (C=O) groups excluding carboxylic acids is 1. The van der Waals surface area contributed by atoms with Gasteiger partial charge in [-0.15, -0.1) is 23.7 Å². The van der Waals surface area contributed by atoms with Crippen LogP contribution in [0.5, 0.6) is 0 Å². The summed E-state index contributed by atoms with van der Waals surface area (Å²) in [5, 5.41) is 8.38. The predicted molar refractivity (Wildman–Crippen MR) is 102 cm³/mol. The molecule has 2 N–H and O–H groups in total. The molecule has 0 aliphatic carbocycles. The Balaban J connectivity index is 0.00000225. The van der Waals surface area contributed by atoms with Gasteiger partial charge in [-0.3, -0.25) is 9.69 Å². The van der Waals surface area contributed by atoms with Crippen LogP contribution in [0.4, 0.5) is 4.39 Å². The fourth-order valence-corrected chi connectivity index (χ4v) is 3.79. The van der Waals surface area contributed by atoms with Crippen molar-refractivity contribution in [1.29, 1.82) is 0 Å². The summed E-state index contributed by atoms with van der Waals surface area (Å²) in [5.74, 6) is -0.243. The van der Waals surface area contributed by atoms with Gasteiger partial charge in [0.2, 0.25) is 5.91 Å². The van der Waals surface area contributed by atoms with Gasteiger partial charge in [0.25, 0.3) is 0 Å². The molecule has 2 unspecified atom stereocenters. The monoisotopic (exact) mass is 383 g/mol. The maximum Gasteiger partial charge on any atom is 0.234 e. The number of benzene rings is 1. The molecule has 136 valence electrons. The lowest BCUT2D eigenvalue weighted by Crippen LogP contribution is -2.49. The van der Waals surface area contributed by atoms with Crippen molar-refractivity contribution in [3.63, 3.8) is 0 Å². The third kappa shape index (κ3) is 5.25. The van der Waals surface area contributed by atoms with E-state index in [9.17, 15) is 9.18 Å². The van der Waals surface area contributed by atoms with Crippen LogP contribution in [0.2, 0.25) is 0 Å². The summed E-state index contributed by atoms with van der Waals surface area (Å²) in [6.45, 7) is 4.63. The maximum atomic E-state index is 13.5. The molecule has 2 aromatic rings. The number of rotatable bonds is 5. The molecule has 1 aliphatic heterocycles. The second-order valence-electron chi connectivity index (χ2n) is 6.05. The van der Waals surface area contributed by atoms with Crippen molar-refractivity contribution in [1.82, 2.24) is 15.5 Å². The zero-order valence-electron chi connectivity index (χ0n) is 14.1. The Labute approximate surface area is 157 Å². The molecule has 25 heavy (non-hydrogen) atoms. The largest absolute Gasteiger partial charge is 0.348 e. The minimum Gasteiger partial charge on any atom is -0.348 e. The first-order chi connectivity index (χ1) is 11.6. The van der Waals surface area contributed by atoms with E-state index in [1.54, 1.807) is 23.5 Å². The molecule has 0 radical (unpaired) electrons. The number of piperazine rings is 1. The molecule has 0 bridgehead atoms. The van der Waals surface area contributed by atoms with Crippen LogP contribution in [0, 0.1) is 5.82 Å². The van der Waals surface area contributed by atoms with E-state index in [2.05, 4.69) is 15.5 Å². The first kappa shape index (κ1) is 19.8. The number of hydrogen-bond donors (Lipinski definition) is 2. The molecule has 2 heterocycles. The van der Waals surface area contributed by atoms with Gasteiger partial charge in [-0.05, 0) is 36.1 Å². The smallest absolute Gasteiger partial charge is 0.234 e. The molecular formula is C18H23ClFN3OS. The van der Waals surface area contributed by atoms with Gasteiger partial charge in [-0.1, -0.05) is 18.2 Å². The summed E-state index contributed by atoms with van der Waals surface area (Å²) in [4.78, 5) is 15.7. The van der Waals surface area contributed by atoms with Crippen molar-refractivity contribution in [2.45, 2.75) is 19.0 Å². The van der Waals surface area contributed by atoms with Crippen molar-refractivity contribution >= 4 is 29.7 Å². The minimum absolute atomic E-state index is 0. The van der Waals surface area contributed by atoms with Crippen molar-refractivity contribution in [2.24, 2.45) is 0 Å². The third-order valence-corrected chi connectivity index (χ3v) is 5.34. The summed E-state index contributed by atoms with van der Waals surface area (Å²) in [6, 6.07) is 10.7. The standard InChI is InChI=1S/C18H22FN3OS.ClH/c1-13(17-6-3-9-24-17)21-18(23)12-22-8-7-20-11-16(22)14-4-2-5-15(19)10-14;/h2-6,9-10,13,16,20H,7-8,11-12H2,1H3,(H,21,23);1H. The van der Waals surface area contributed by atoms with Crippen LogP contribution < -0.4 is 10.6 Å². The van der Waals surface area contributed by atoms with Gasteiger partial charge in [-0.25, -0.2) is 4.39 Å². The van der Waals surface area contributed by atoms with Crippen molar-refractivity contribution in [2.75, 3.05) is 26.2 Å². The lowest BCUT2D eigenvalue weighted by Gasteiger charge is -2.36. The van der Waals surface area contributed by atoms with Gasteiger partial charge in [0, 0.05) is 30.6 Å². The quantitative estimate of drug-likeness (QED) is 0.833. The number of amides is 1. The van der Waals surface area contributed by atoms with Crippen molar-refractivity contribution in [3.8, 4) is 0 Å². The van der Waals surface area contributed by atoms with Crippen LogP contribution in [-0.2, 0) is 4.79 Å². The van der Waals surface area contributed by atoms with Gasteiger partial charge in [-0.2, -0.15) is 0 Å². The van der Waals surface area contributed by atoms with E-state index in [1.807, 2.05) is 30.5 Å². The van der Waals surface area contributed by atoms with Gasteiger partial charge >= 0.3 is 0 Å². The molecule has 7 heteroatoms. The Bertz CT molecular complexity index is 683. The van der Waals surface area contributed by atoms with Gasteiger partial charge in [0.1, 0.15) is 5.82 Å². The van der Waals surface area contributed by atoms with E-state index < -0.39 is 0 Å². The molecule has 1 aromatic carbocycles. The number of carbonyl (C=O) groups is 1. The summed E-state index contributed by atoms with van der Waals surface area (Å²) in [5.41, 5.74) is 0.904. The second kappa shape index (κ2) is 9.29. The number of thiophene rings is 1. The molecule has 0 saturated carbocycles. The molecule has 4 nitrogen and oxygen atoms in total. The zero-order chi connectivity index (χ0) is 16.9. The van der Waals surface area contributed by atoms with Crippen LogP contribution in [0.25, 0.3) is 0 Å². The zero-order valence-corrected chi connectivity index (χ0v) is 15.7. The predicted octanol–water partition coefficient (Wildman–Crippen LogP) is 3.13. The van der Waals surface area contributed by atoms with E-state index in [0.717, 1.165) is 30.1 Å². The Morgan fingerprint density at radius 2 is 2.28 bits per heavy atom. The van der Waals surface area contributed by atoms with E-state index in [-0.39, 0.29) is 36.2 Å². The van der Waals surface area contributed by atoms with Crippen LogP contribution in [-0.4, -0.2) is 37.0 Å². The molecule has 1 aromatic heterocycles. The molecule has 0 spiro atoms. The van der Waals surface area contributed by atoms with Gasteiger partial charge in [0.15, 0.2) is 0 Å². The van der Waals surface area contributed by atoms with Gasteiger partial charge in [0.05, 0.1) is 12.6 Å². The minimum atomic E-state index is -0.242. The second-order valence-corrected chi connectivity index (χ2v) is 7.03. The Hall–Kier alpha value is -1.47. The molecule has 1 fully saturated rings. The highest BCUT2D eigenvalue weighted by atomic mass is 35.5. The number of nitrogens with zero attached hydrogens (tertiary/aromatic N) is 1. The van der Waals surface area contributed by atoms with E-state index in [1.165, 1.54) is 6.07 Å². The fraction of sp³-hybridized carbons (Fsp3) is 0.389. The van der Waals surface area contributed by atoms with Gasteiger partial charge < -0.3 is 10.6 Å². The maximum absolute atomic E-state index is 13.5. The highest BCUT2D eigenvalue weighted by Gasteiger charge is 2.26. The highest BCUT2D eigenvalue weighted by molar-refractivity contribution is 7.10. The summed E-state index contributed by atoms with van der Waals surface area (Å²) in [6.07, 6.45) is 0. The number of nitrogens with one attached hydrogen (secondary N) is 2. The normalized spacial score (nSPS) is 19.0. The summed E-state index contributed by atoms with van der Waals surface area (Å²) in [7, 11) is 0. The fourth-order valence-electron chi connectivity index (χ4n) is 3.06. The Morgan fingerprint density at radius 1 is 1.44 bits per heavy atom. The number of halogens is 2. The third-order valence-electron chi connectivity index (χ3n) is 4.28. The SMILES string of the molecule is CC(NC(=O)CN1CCNCC1c1cccc(F)c1)c1cccs1.Cl. The van der Waals surface area contributed by atoms with E-state index >= 15 is 0 Å². The molecule has 1 amide bonds. The summed E-state index contributed by atoms with van der Waals surface area (Å²) < 4.78 is 13.5. The first-order valence-corrected chi connectivity index (χ1v) is 9.04. The van der Waals surface area contributed by atoms with Crippen molar-refractivity contribution in [3.05, 3.63) is 58.0 Å². The highest BCUT2D eigenvalue weighted by Crippen LogP contribution is 2.23. The number of hydrogen-bond acceptors (Lipinski definition) is 4. The average molecular weight is 384 g/mol. The van der Waals surface area contributed by atoms with Crippen LogP contribution in [0.1, 0.15) is 29.4 Å². The Morgan fingerprint density at radius 3 is 3.00 bits per heavy atom. The lowest BCUT2D eigenvalue weighted by atomic mass is 10.0. The topological polar surface area (TPSA) is 44.4 Å². The van der Waals surface area contributed by atoms with E-state index in [0.29, 0.717) is 6.54 Å². The first-order valence-electron chi connectivity index (χ1n) is 8.16. The summed E-state index contributed by atoms with van der Waals surface area (Å²) >= 11 is 1.64. The van der Waals surface area contributed by atoms with Crippen LogP contribution in [0.3, 0.4) is 0 Å². The molecular weight excluding hydrogens is 361 g/mol. The molecule has 3 rings (SSSR count). The molecule has 1 aliphatic rings. The van der Waals surface area contributed by atoms with Crippen molar-refractivity contribution < 1.29 is 9.18 Å². The van der Waals surface area contributed by atoms with Crippen LogP contribution >= 0.6 is 23.7 Å². The lowest BCUT2D eigenvalue weighted by molar-refractivity contribution is -0.123. The van der Waals surface area contributed by atoms with Crippen LogP contribution in [0.15, 0.2) is 41.8 Å². The average Bonchev–Trinajstić information content (AvgIpc) is 3.10. The molecule has 1 saturated heterocycles.